The Kier molecular flexibility index (Phi) is 2.22. The Labute approximate surface area is 71.6 Å². The number of aromatic carboxylic acids is 1. The maximum atomic E-state index is 10.7. The third kappa shape index (κ3) is 1.22. The molecule has 0 spiro atoms. The van der Waals surface area contributed by atoms with Crippen molar-refractivity contribution >= 4 is 5.97 Å². The van der Waals surface area contributed by atoms with Crippen LogP contribution in [-0.4, -0.2) is 15.6 Å². The Balaban J connectivity index is 3.29. The molecular formula is C9H13NO2. The molecular weight excluding hydrogens is 154 g/mol. The molecule has 0 fully saturated rings. The number of nitrogens with zero attached hydrogens (tertiary/aromatic N) is 1. The van der Waals surface area contributed by atoms with Crippen LogP contribution in [0.25, 0.3) is 0 Å². The molecule has 1 aromatic rings. The average molecular weight is 167 g/mol. The lowest BCUT2D eigenvalue weighted by Gasteiger charge is -1.97. The van der Waals surface area contributed by atoms with Gasteiger partial charge in [0.25, 0.3) is 0 Å². The quantitative estimate of drug-likeness (QED) is 0.726. The summed E-state index contributed by atoms with van der Waals surface area (Å²) >= 11 is 0. The van der Waals surface area contributed by atoms with E-state index in [0.29, 0.717) is 5.56 Å². The number of hydrogen-bond acceptors (Lipinski definition) is 1. The van der Waals surface area contributed by atoms with Gasteiger partial charge in [0.1, 0.15) is 0 Å². The van der Waals surface area contributed by atoms with Crippen LogP contribution in [0.3, 0.4) is 0 Å². The Hall–Kier alpha value is -1.25. The van der Waals surface area contributed by atoms with Crippen molar-refractivity contribution in [2.75, 3.05) is 0 Å². The molecule has 0 saturated carbocycles. The van der Waals surface area contributed by atoms with E-state index in [2.05, 4.69) is 0 Å². The summed E-state index contributed by atoms with van der Waals surface area (Å²) in [4.78, 5) is 10.7. The van der Waals surface area contributed by atoms with Gasteiger partial charge >= 0.3 is 5.97 Å². The molecule has 0 aliphatic carbocycles. The molecule has 0 saturated heterocycles. The van der Waals surface area contributed by atoms with Crippen LogP contribution in [0.5, 0.6) is 0 Å². The molecule has 1 N–H and O–H groups in total. The van der Waals surface area contributed by atoms with Gasteiger partial charge in [-0.25, -0.2) is 4.79 Å². The largest absolute Gasteiger partial charge is 0.478 e. The first-order valence-electron chi connectivity index (χ1n) is 3.96. The van der Waals surface area contributed by atoms with Gasteiger partial charge in [-0.3, -0.25) is 0 Å². The standard InChI is InChI=1S/C9H13NO2/c1-4-7-6(2)10(3)5-8(7)9(11)12/h5H,4H2,1-3H3,(H,11,12). The van der Waals surface area contributed by atoms with E-state index in [1.807, 2.05) is 25.5 Å². The second-order valence-electron chi connectivity index (χ2n) is 2.88. The van der Waals surface area contributed by atoms with E-state index in [-0.39, 0.29) is 0 Å². The van der Waals surface area contributed by atoms with Crippen LogP contribution < -0.4 is 0 Å². The zero-order chi connectivity index (χ0) is 9.30. The highest BCUT2D eigenvalue weighted by Gasteiger charge is 2.14. The van der Waals surface area contributed by atoms with Crippen molar-refractivity contribution in [1.29, 1.82) is 0 Å². The zero-order valence-corrected chi connectivity index (χ0v) is 7.59. The van der Waals surface area contributed by atoms with Crippen LogP contribution in [0.1, 0.15) is 28.5 Å². The van der Waals surface area contributed by atoms with Crippen molar-refractivity contribution in [2.24, 2.45) is 7.05 Å². The van der Waals surface area contributed by atoms with E-state index in [1.54, 1.807) is 6.20 Å². The maximum absolute atomic E-state index is 10.7. The van der Waals surface area contributed by atoms with E-state index in [9.17, 15) is 4.79 Å². The van der Waals surface area contributed by atoms with E-state index in [1.165, 1.54) is 0 Å². The minimum absolute atomic E-state index is 0.428. The normalized spacial score (nSPS) is 10.2. The average Bonchev–Trinajstić information content (AvgIpc) is 2.29. The van der Waals surface area contributed by atoms with Gasteiger partial charge in [-0.2, -0.15) is 0 Å². The number of rotatable bonds is 2. The van der Waals surface area contributed by atoms with Gasteiger partial charge in [-0.05, 0) is 18.9 Å². The molecule has 3 nitrogen and oxygen atoms in total. The number of aromatic nitrogens is 1. The number of carboxylic acids is 1. The molecule has 0 radical (unpaired) electrons. The van der Waals surface area contributed by atoms with Crippen molar-refractivity contribution in [3.63, 3.8) is 0 Å². The second kappa shape index (κ2) is 3.01. The fourth-order valence-corrected chi connectivity index (χ4v) is 1.41. The highest BCUT2D eigenvalue weighted by atomic mass is 16.4. The predicted octanol–water partition coefficient (Wildman–Crippen LogP) is 1.59. The fourth-order valence-electron chi connectivity index (χ4n) is 1.41. The summed E-state index contributed by atoms with van der Waals surface area (Å²) in [5.74, 6) is -0.837. The molecule has 0 amide bonds. The number of hydrogen-bond donors (Lipinski definition) is 1. The molecule has 66 valence electrons. The molecule has 1 heterocycles. The van der Waals surface area contributed by atoms with Gasteiger partial charge in [0, 0.05) is 18.9 Å². The van der Waals surface area contributed by atoms with E-state index in [4.69, 9.17) is 5.11 Å². The fraction of sp³-hybridized carbons (Fsp3) is 0.444. The SMILES string of the molecule is CCc1c(C(=O)O)cn(C)c1C. The van der Waals surface area contributed by atoms with Crippen LogP contribution in [0, 0.1) is 6.92 Å². The minimum atomic E-state index is -0.837. The van der Waals surface area contributed by atoms with E-state index >= 15 is 0 Å². The monoisotopic (exact) mass is 167 g/mol. The van der Waals surface area contributed by atoms with Crippen molar-refractivity contribution in [3.8, 4) is 0 Å². The summed E-state index contributed by atoms with van der Waals surface area (Å²) in [6.45, 7) is 3.90. The Morgan fingerprint density at radius 1 is 1.67 bits per heavy atom. The maximum Gasteiger partial charge on any atom is 0.337 e. The summed E-state index contributed by atoms with van der Waals surface area (Å²) in [6.07, 6.45) is 2.44. The van der Waals surface area contributed by atoms with Gasteiger partial charge in [0.2, 0.25) is 0 Å². The molecule has 12 heavy (non-hydrogen) atoms. The van der Waals surface area contributed by atoms with Crippen LogP contribution in [-0.2, 0) is 13.5 Å². The van der Waals surface area contributed by atoms with Gasteiger partial charge in [-0.15, -0.1) is 0 Å². The van der Waals surface area contributed by atoms with Crippen molar-refractivity contribution in [3.05, 3.63) is 23.0 Å². The third-order valence-corrected chi connectivity index (χ3v) is 2.20. The Morgan fingerprint density at radius 2 is 2.25 bits per heavy atom. The summed E-state index contributed by atoms with van der Waals surface area (Å²) < 4.78 is 1.85. The van der Waals surface area contributed by atoms with Crippen molar-refractivity contribution < 1.29 is 9.90 Å². The summed E-state index contributed by atoms with van der Waals surface area (Å²) in [6, 6.07) is 0. The number of carboxylic acid groups (broad SMARTS) is 1. The van der Waals surface area contributed by atoms with Crippen LogP contribution in [0.2, 0.25) is 0 Å². The molecule has 0 bridgehead atoms. The predicted molar refractivity (Wildman–Crippen MR) is 46.5 cm³/mol. The van der Waals surface area contributed by atoms with Crippen LogP contribution in [0.4, 0.5) is 0 Å². The molecule has 3 heteroatoms. The number of aryl methyl sites for hydroxylation is 1. The van der Waals surface area contributed by atoms with Crippen molar-refractivity contribution in [2.45, 2.75) is 20.3 Å². The van der Waals surface area contributed by atoms with E-state index in [0.717, 1.165) is 17.7 Å². The first-order valence-corrected chi connectivity index (χ1v) is 3.96. The Bertz CT molecular complexity index is 313. The number of carbonyl (C=O) groups is 1. The molecule has 1 aromatic heterocycles. The first-order chi connectivity index (χ1) is 5.57. The van der Waals surface area contributed by atoms with Crippen LogP contribution in [0.15, 0.2) is 6.20 Å². The molecule has 0 aromatic carbocycles. The summed E-state index contributed by atoms with van der Waals surface area (Å²) in [7, 11) is 1.86. The zero-order valence-electron chi connectivity index (χ0n) is 7.59. The highest BCUT2D eigenvalue weighted by Crippen LogP contribution is 2.16. The van der Waals surface area contributed by atoms with Gasteiger partial charge < -0.3 is 9.67 Å². The Morgan fingerprint density at radius 3 is 2.58 bits per heavy atom. The van der Waals surface area contributed by atoms with Gasteiger partial charge in [-0.1, -0.05) is 6.92 Å². The topological polar surface area (TPSA) is 42.2 Å². The lowest BCUT2D eigenvalue weighted by atomic mass is 10.1. The lowest BCUT2D eigenvalue weighted by molar-refractivity contribution is 0.0696. The van der Waals surface area contributed by atoms with Gasteiger partial charge in [0.15, 0.2) is 0 Å². The lowest BCUT2D eigenvalue weighted by Crippen LogP contribution is -1.98. The third-order valence-electron chi connectivity index (χ3n) is 2.20. The molecule has 0 aliphatic rings. The van der Waals surface area contributed by atoms with Crippen LogP contribution >= 0.6 is 0 Å². The van der Waals surface area contributed by atoms with Crippen molar-refractivity contribution in [1.82, 2.24) is 4.57 Å². The highest BCUT2D eigenvalue weighted by molar-refractivity contribution is 5.89. The smallest absolute Gasteiger partial charge is 0.337 e. The molecule has 1 rings (SSSR count). The molecule has 0 atom stereocenters. The first kappa shape index (κ1) is 8.84. The molecule has 0 unspecified atom stereocenters. The summed E-state index contributed by atoms with van der Waals surface area (Å²) in [5.41, 5.74) is 2.40. The second-order valence-corrected chi connectivity index (χ2v) is 2.88. The van der Waals surface area contributed by atoms with Gasteiger partial charge in [0.05, 0.1) is 5.56 Å². The minimum Gasteiger partial charge on any atom is -0.478 e. The molecule has 0 aliphatic heterocycles. The summed E-state index contributed by atoms with van der Waals surface area (Å²) in [5, 5.41) is 8.82. The van der Waals surface area contributed by atoms with E-state index < -0.39 is 5.97 Å².